The molecule has 2 aromatic heterocycles. The number of benzene rings is 3. The molecule has 4 aromatic carbocycles. The van der Waals surface area contributed by atoms with Gasteiger partial charge >= 0.3 is 0 Å². The van der Waals surface area contributed by atoms with Crippen molar-refractivity contribution < 1.29 is 5.11 Å². The standard InChI is InChI=1S/C25H17N7O3/c33-22-21(23(34)24(22)35)26-19-10-16(9-17(11-19)25-27-30-31-28-25)15-6-7-20-18(8-15)13-32(29-20)12-14-4-2-1-3-5-14/h1-11,13,26,33H,12H2,(H,27,28,30,31). The number of fused-ring (bicyclic) bond motifs is 1. The van der Waals surface area contributed by atoms with Gasteiger partial charge in [0, 0.05) is 22.8 Å². The normalized spacial score (nSPS) is 11.3. The van der Waals surface area contributed by atoms with Gasteiger partial charge in [-0.3, -0.25) is 14.3 Å². The Labute approximate surface area is 197 Å². The highest BCUT2D eigenvalue weighted by molar-refractivity contribution is 5.86. The fraction of sp³-hybridized carbons (Fsp3) is 0.0400. The van der Waals surface area contributed by atoms with Gasteiger partial charge in [-0.15, -0.1) is 5.10 Å². The van der Waals surface area contributed by atoms with Gasteiger partial charge in [-0.05, 0) is 57.4 Å². The predicted octanol–water partition coefficient (Wildman–Crippen LogP) is 2.98. The topological polar surface area (TPSA) is 139 Å². The van der Waals surface area contributed by atoms with Crippen molar-refractivity contribution in [3.05, 3.63) is 98.9 Å². The summed E-state index contributed by atoms with van der Waals surface area (Å²) >= 11 is 0. The second-order valence-electron chi connectivity index (χ2n) is 8.14. The lowest BCUT2D eigenvalue weighted by Crippen LogP contribution is -2.32. The van der Waals surface area contributed by atoms with Crippen molar-refractivity contribution in [2.24, 2.45) is 0 Å². The Kier molecular flexibility index (Phi) is 4.70. The Morgan fingerprint density at radius 1 is 0.914 bits per heavy atom. The number of hydrogen-bond acceptors (Lipinski definition) is 8. The number of aromatic hydroxyl groups is 1. The maximum absolute atomic E-state index is 11.8. The van der Waals surface area contributed by atoms with E-state index >= 15 is 0 Å². The summed E-state index contributed by atoms with van der Waals surface area (Å²) in [5.41, 5.74) is 3.11. The van der Waals surface area contributed by atoms with E-state index in [1.807, 2.05) is 59.4 Å². The summed E-state index contributed by atoms with van der Waals surface area (Å²) in [5.74, 6) is -0.142. The van der Waals surface area contributed by atoms with E-state index < -0.39 is 16.6 Å². The molecule has 0 saturated carbocycles. The molecule has 10 heteroatoms. The molecule has 0 fully saturated rings. The first-order valence-electron chi connectivity index (χ1n) is 10.8. The first-order chi connectivity index (χ1) is 17.0. The maximum Gasteiger partial charge on any atom is 0.271 e. The van der Waals surface area contributed by atoms with Gasteiger partial charge in [-0.25, -0.2) is 5.10 Å². The second-order valence-corrected chi connectivity index (χ2v) is 8.14. The SMILES string of the molecule is O=c1c(O)c(Nc2cc(-c3ccc4nn(Cc5ccccc5)cc4c3)cc(-c3nnn[nH]3)c2)c1=O. The molecule has 10 nitrogen and oxygen atoms in total. The Balaban J connectivity index is 1.39. The molecule has 0 bridgehead atoms. The second kappa shape index (κ2) is 8.03. The van der Waals surface area contributed by atoms with E-state index in [1.165, 1.54) is 0 Å². The monoisotopic (exact) mass is 463 g/mol. The third-order valence-corrected chi connectivity index (χ3v) is 5.78. The Morgan fingerprint density at radius 3 is 2.51 bits per heavy atom. The minimum absolute atomic E-state index is 0.133. The number of aromatic nitrogens is 6. The molecule has 3 N–H and O–H groups in total. The summed E-state index contributed by atoms with van der Waals surface area (Å²) in [6.07, 6.45) is 2.00. The number of nitrogens with one attached hydrogen (secondary N) is 2. The molecule has 6 aromatic rings. The molecule has 0 aliphatic heterocycles. The van der Waals surface area contributed by atoms with E-state index in [-0.39, 0.29) is 5.69 Å². The van der Waals surface area contributed by atoms with Crippen molar-refractivity contribution in [2.75, 3.05) is 5.32 Å². The van der Waals surface area contributed by atoms with E-state index in [9.17, 15) is 14.7 Å². The molecule has 0 amide bonds. The average Bonchev–Trinajstić information content (AvgIpc) is 3.56. The van der Waals surface area contributed by atoms with Gasteiger partial charge in [0.1, 0.15) is 5.69 Å². The summed E-state index contributed by atoms with van der Waals surface area (Å²) in [4.78, 5) is 23.3. The zero-order chi connectivity index (χ0) is 23.9. The molecule has 0 spiro atoms. The van der Waals surface area contributed by atoms with Crippen LogP contribution in [0.2, 0.25) is 0 Å². The Morgan fingerprint density at radius 2 is 1.74 bits per heavy atom. The fourth-order valence-corrected chi connectivity index (χ4v) is 4.03. The van der Waals surface area contributed by atoms with Crippen molar-refractivity contribution in [2.45, 2.75) is 6.54 Å². The van der Waals surface area contributed by atoms with Crippen LogP contribution in [-0.2, 0) is 6.54 Å². The van der Waals surface area contributed by atoms with Gasteiger partial charge in [0.05, 0.1) is 12.1 Å². The number of aromatic amines is 1. The van der Waals surface area contributed by atoms with Crippen LogP contribution in [0.1, 0.15) is 5.56 Å². The largest absolute Gasteiger partial charge is 0.502 e. The lowest BCUT2D eigenvalue weighted by Gasteiger charge is -2.12. The van der Waals surface area contributed by atoms with Gasteiger partial charge < -0.3 is 10.4 Å². The van der Waals surface area contributed by atoms with E-state index in [0.717, 1.165) is 27.6 Å². The number of hydrogen-bond donors (Lipinski definition) is 3. The molecule has 0 radical (unpaired) electrons. The molecule has 0 aliphatic carbocycles. The molecule has 2 heterocycles. The van der Waals surface area contributed by atoms with Crippen LogP contribution in [-0.4, -0.2) is 35.5 Å². The number of H-pyrrole nitrogens is 1. The maximum atomic E-state index is 11.8. The zero-order valence-electron chi connectivity index (χ0n) is 18.1. The molecular formula is C25H17N7O3. The summed E-state index contributed by atoms with van der Waals surface area (Å²) in [6.45, 7) is 0.665. The predicted molar refractivity (Wildman–Crippen MR) is 130 cm³/mol. The van der Waals surface area contributed by atoms with E-state index in [4.69, 9.17) is 0 Å². The highest BCUT2D eigenvalue weighted by Crippen LogP contribution is 2.32. The van der Waals surface area contributed by atoms with Crippen molar-refractivity contribution in [1.82, 2.24) is 30.4 Å². The number of nitrogens with zero attached hydrogens (tertiary/aromatic N) is 5. The summed E-state index contributed by atoms with van der Waals surface area (Å²) in [7, 11) is 0. The molecule has 35 heavy (non-hydrogen) atoms. The first-order valence-corrected chi connectivity index (χ1v) is 10.8. The van der Waals surface area contributed by atoms with Gasteiger partial charge in [-0.1, -0.05) is 36.4 Å². The van der Waals surface area contributed by atoms with E-state index in [1.54, 1.807) is 6.07 Å². The molecular weight excluding hydrogens is 446 g/mol. The molecule has 0 saturated heterocycles. The summed E-state index contributed by atoms with van der Waals surface area (Å²) in [5, 5.41) is 32.2. The van der Waals surface area contributed by atoms with Crippen LogP contribution in [0.4, 0.5) is 11.4 Å². The van der Waals surface area contributed by atoms with Crippen LogP contribution in [0.3, 0.4) is 0 Å². The highest BCUT2D eigenvalue weighted by atomic mass is 16.3. The third kappa shape index (κ3) is 3.72. The van der Waals surface area contributed by atoms with Crippen molar-refractivity contribution in [3.8, 4) is 28.3 Å². The molecule has 6 rings (SSSR count). The number of rotatable bonds is 6. The van der Waals surface area contributed by atoms with Gasteiger partial charge in [0.15, 0.2) is 11.6 Å². The van der Waals surface area contributed by atoms with Crippen LogP contribution in [0.5, 0.6) is 5.75 Å². The van der Waals surface area contributed by atoms with Gasteiger partial charge in [0.2, 0.25) is 0 Å². The summed E-state index contributed by atoms with van der Waals surface area (Å²) < 4.78 is 1.90. The molecule has 0 aliphatic rings. The van der Waals surface area contributed by atoms with Crippen LogP contribution in [0.15, 0.2) is 82.5 Å². The third-order valence-electron chi connectivity index (χ3n) is 5.78. The molecule has 170 valence electrons. The van der Waals surface area contributed by atoms with Crippen molar-refractivity contribution in [1.29, 1.82) is 0 Å². The van der Waals surface area contributed by atoms with Gasteiger partial charge in [0.25, 0.3) is 10.9 Å². The molecule has 0 unspecified atom stereocenters. The van der Waals surface area contributed by atoms with Gasteiger partial charge in [-0.2, -0.15) is 5.10 Å². The lowest BCUT2D eigenvalue weighted by molar-refractivity contribution is 0.466. The van der Waals surface area contributed by atoms with Crippen molar-refractivity contribution >= 4 is 22.3 Å². The zero-order valence-corrected chi connectivity index (χ0v) is 18.1. The Hall–Kier alpha value is -5.12. The summed E-state index contributed by atoms with van der Waals surface area (Å²) in [6, 6.07) is 21.5. The van der Waals surface area contributed by atoms with E-state index in [2.05, 4.69) is 43.2 Å². The smallest absolute Gasteiger partial charge is 0.271 e. The molecule has 0 atom stereocenters. The average molecular weight is 463 g/mol. The number of anilines is 2. The first kappa shape index (κ1) is 20.5. The minimum atomic E-state index is -0.902. The fourth-order valence-electron chi connectivity index (χ4n) is 4.03. The van der Waals surface area contributed by atoms with Crippen molar-refractivity contribution in [3.63, 3.8) is 0 Å². The minimum Gasteiger partial charge on any atom is -0.502 e. The number of tetrazole rings is 1. The van der Waals surface area contributed by atoms with Crippen LogP contribution >= 0.6 is 0 Å². The van der Waals surface area contributed by atoms with Crippen LogP contribution in [0.25, 0.3) is 33.4 Å². The highest BCUT2D eigenvalue weighted by Gasteiger charge is 2.20. The lowest BCUT2D eigenvalue weighted by atomic mass is 10.00. The van der Waals surface area contributed by atoms with Crippen LogP contribution < -0.4 is 16.2 Å². The van der Waals surface area contributed by atoms with E-state index in [0.29, 0.717) is 23.6 Å². The van der Waals surface area contributed by atoms with Crippen LogP contribution in [0, 0.1) is 0 Å². The Bertz CT molecular complexity index is 1750. The quantitative estimate of drug-likeness (QED) is 0.321.